The van der Waals surface area contributed by atoms with Gasteiger partial charge in [-0.3, -0.25) is 9.59 Å². The summed E-state index contributed by atoms with van der Waals surface area (Å²) in [6.07, 6.45) is 7.79. The van der Waals surface area contributed by atoms with Crippen LogP contribution >= 0.6 is 0 Å². The normalized spacial score (nSPS) is 41.3. The molecule has 3 rings (SSSR count). The highest BCUT2D eigenvalue weighted by atomic mass is 16.7. The van der Waals surface area contributed by atoms with Gasteiger partial charge < -0.3 is 14.6 Å². The van der Waals surface area contributed by atoms with E-state index in [1.807, 2.05) is 20.8 Å². The SMILES string of the molecule is C#C[C@@]12CCC(C(=O)O)C(=O)[C@@]1(C)CCC1(OCCO1)C2(C)C. The van der Waals surface area contributed by atoms with Crippen molar-refractivity contribution in [1.82, 2.24) is 0 Å². The molecule has 1 heterocycles. The number of aliphatic carboxylic acids is 1. The summed E-state index contributed by atoms with van der Waals surface area (Å²) in [4.78, 5) is 24.5. The molecule has 0 radical (unpaired) electrons. The third kappa shape index (κ3) is 1.71. The van der Waals surface area contributed by atoms with Crippen LogP contribution in [0, 0.1) is 34.5 Å². The van der Waals surface area contributed by atoms with Crippen molar-refractivity contribution in [3.8, 4) is 12.3 Å². The van der Waals surface area contributed by atoms with Gasteiger partial charge in [-0.05, 0) is 19.3 Å². The summed E-state index contributed by atoms with van der Waals surface area (Å²) >= 11 is 0. The Kier molecular flexibility index (Phi) is 3.45. The van der Waals surface area contributed by atoms with Gasteiger partial charge in [0.25, 0.3) is 0 Å². The van der Waals surface area contributed by atoms with E-state index in [4.69, 9.17) is 15.9 Å². The maximum atomic E-state index is 13.0. The Morgan fingerprint density at radius 1 is 1.22 bits per heavy atom. The summed E-state index contributed by atoms with van der Waals surface area (Å²) in [5.41, 5.74) is -2.23. The van der Waals surface area contributed by atoms with Gasteiger partial charge in [-0.2, -0.15) is 0 Å². The van der Waals surface area contributed by atoms with Gasteiger partial charge in [-0.15, -0.1) is 6.42 Å². The fraction of sp³-hybridized carbons (Fsp3) is 0.778. The first-order chi connectivity index (χ1) is 10.7. The fourth-order valence-corrected chi connectivity index (χ4v) is 5.36. The number of terminal acetylenes is 1. The zero-order valence-electron chi connectivity index (χ0n) is 14.0. The van der Waals surface area contributed by atoms with Crippen LogP contribution in [0.5, 0.6) is 0 Å². The number of carboxylic acids is 1. The van der Waals surface area contributed by atoms with Gasteiger partial charge in [-0.1, -0.05) is 26.7 Å². The van der Waals surface area contributed by atoms with Crippen molar-refractivity contribution in [2.75, 3.05) is 13.2 Å². The minimum absolute atomic E-state index is 0.241. The molecule has 1 aliphatic heterocycles. The van der Waals surface area contributed by atoms with Crippen molar-refractivity contribution in [2.45, 2.75) is 52.2 Å². The van der Waals surface area contributed by atoms with Crippen LogP contribution in [0.2, 0.25) is 0 Å². The number of hydrogen-bond donors (Lipinski definition) is 1. The molecule has 126 valence electrons. The topological polar surface area (TPSA) is 72.8 Å². The highest BCUT2D eigenvalue weighted by Gasteiger charge is 2.73. The first-order valence-corrected chi connectivity index (χ1v) is 8.20. The molecular formula is C18H24O5. The number of rotatable bonds is 1. The van der Waals surface area contributed by atoms with E-state index in [2.05, 4.69) is 5.92 Å². The lowest BCUT2D eigenvalue weighted by molar-refractivity contribution is -0.300. The molecule has 23 heavy (non-hydrogen) atoms. The van der Waals surface area contributed by atoms with Gasteiger partial charge in [0.15, 0.2) is 11.6 Å². The summed E-state index contributed by atoms with van der Waals surface area (Å²) in [6, 6.07) is 0. The summed E-state index contributed by atoms with van der Waals surface area (Å²) < 4.78 is 12.0. The first-order valence-electron chi connectivity index (χ1n) is 8.20. The van der Waals surface area contributed by atoms with E-state index in [0.29, 0.717) is 32.5 Å². The number of carboxylic acid groups (broad SMARTS) is 1. The largest absolute Gasteiger partial charge is 0.481 e. The van der Waals surface area contributed by atoms with E-state index < -0.39 is 33.9 Å². The predicted octanol–water partition coefficient (Wildman–Crippen LogP) is 2.24. The number of fused-ring (bicyclic) bond motifs is 1. The van der Waals surface area contributed by atoms with Gasteiger partial charge in [0.1, 0.15) is 5.92 Å². The summed E-state index contributed by atoms with van der Waals surface area (Å²) in [7, 11) is 0. The predicted molar refractivity (Wildman–Crippen MR) is 82.4 cm³/mol. The van der Waals surface area contributed by atoms with E-state index in [9.17, 15) is 14.7 Å². The molecule has 5 heteroatoms. The van der Waals surface area contributed by atoms with Crippen molar-refractivity contribution in [3.05, 3.63) is 0 Å². The molecule has 0 aromatic heterocycles. The monoisotopic (exact) mass is 320 g/mol. The van der Waals surface area contributed by atoms with E-state index in [0.717, 1.165) is 0 Å². The molecule has 2 aliphatic carbocycles. The highest BCUT2D eigenvalue weighted by Crippen LogP contribution is 2.69. The van der Waals surface area contributed by atoms with Gasteiger partial charge in [0.2, 0.25) is 0 Å². The molecule has 3 atom stereocenters. The Labute approximate surface area is 136 Å². The van der Waals surface area contributed by atoms with Gasteiger partial charge in [0, 0.05) is 17.3 Å². The molecule has 3 fully saturated rings. The summed E-state index contributed by atoms with van der Waals surface area (Å²) in [6.45, 7) is 6.89. The van der Waals surface area contributed by atoms with E-state index in [1.165, 1.54) is 0 Å². The molecule has 0 aromatic carbocycles. The maximum Gasteiger partial charge on any atom is 0.314 e. The summed E-state index contributed by atoms with van der Waals surface area (Å²) in [5.74, 6) is -0.115. The van der Waals surface area contributed by atoms with E-state index >= 15 is 0 Å². The number of Topliss-reactive ketones (excluding diaryl/α,β-unsaturated/α-hetero) is 1. The molecule has 3 aliphatic rings. The summed E-state index contributed by atoms with van der Waals surface area (Å²) in [5, 5.41) is 9.38. The zero-order chi connectivity index (χ0) is 17.1. The molecule has 5 nitrogen and oxygen atoms in total. The van der Waals surface area contributed by atoms with Crippen molar-refractivity contribution in [2.24, 2.45) is 22.2 Å². The standard InChI is InChI=1S/C18H24O5/c1-5-17-7-6-12(14(20)21)13(19)16(17,4)8-9-18(15(17,2)3)22-10-11-23-18/h1,12H,6-11H2,2-4H3,(H,20,21)/t12?,16-,17+/m1/s1. The number of hydrogen-bond acceptors (Lipinski definition) is 4. The number of ketones is 1. The quantitative estimate of drug-likeness (QED) is 0.592. The van der Waals surface area contributed by atoms with Crippen LogP contribution in [0.15, 0.2) is 0 Å². The third-order valence-electron chi connectivity index (χ3n) is 6.88. The lowest BCUT2D eigenvalue weighted by atomic mass is 9.39. The van der Waals surface area contributed by atoms with Crippen LogP contribution in [-0.4, -0.2) is 35.9 Å². The van der Waals surface area contributed by atoms with Crippen molar-refractivity contribution in [1.29, 1.82) is 0 Å². The Morgan fingerprint density at radius 3 is 2.35 bits per heavy atom. The van der Waals surface area contributed by atoms with Crippen molar-refractivity contribution < 1.29 is 24.2 Å². The van der Waals surface area contributed by atoms with Crippen LogP contribution in [0.25, 0.3) is 0 Å². The molecule has 0 bridgehead atoms. The van der Waals surface area contributed by atoms with Crippen LogP contribution in [0.3, 0.4) is 0 Å². The Balaban J connectivity index is 2.13. The van der Waals surface area contributed by atoms with E-state index in [-0.39, 0.29) is 12.2 Å². The number of carbonyl (C=O) groups is 2. The molecule has 1 N–H and O–H groups in total. The number of ether oxygens (including phenoxy) is 2. The van der Waals surface area contributed by atoms with Crippen LogP contribution in [-0.2, 0) is 19.1 Å². The zero-order valence-corrected chi connectivity index (χ0v) is 14.0. The maximum absolute atomic E-state index is 13.0. The first kappa shape index (κ1) is 16.5. The fourth-order valence-electron chi connectivity index (χ4n) is 5.36. The Hall–Kier alpha value is -1.38. The van der Waals surface area contributed by atoms with E-state index in [1.54, 1.807) is 0 Å². The van der Waals surface area contributed by atoms with Gasteiger partial charge >= 0.3 is 5.97 Å². The van der Waals surface area contributed by atoms with Gasteiger partial charge in [-0.25, -0.2) is 0 Å². The molecule has 0 amide bonds. The minimum Gasteiger partial charge on any atom is -0.481 e. The van der Waals surface area contributed by atoms with Crippen LogP contribution in [0.4, 0.5) is 0 Å². The second kappa shape index (κ2) is 4.81. The molecule has 1 unspecified atom stereocenters. The van der Waals surface area contributed by atoms with Crippen molar-refractivity contribution in [3.63, 3.8) is 0 Å². The number of carbonyl (C=O) groups excluding carboxylic acids is 1. The van der Waals surface area contributed by atoms with Crippen molar-refractivity contribution >= 4 is 11.8 Å². The smallest absolute Gasteiger partial charge is 0.314 e. The third-order valence-corrected chi connectivity index (χ3v) is 6.88. The molecular weight excluding hydrogens is 296 g/mol. The minimum atomic E-state index is -1.05. The highest BCUT2D eigenvalue weighted by molar-refractivity contribution is 6.02. The van der Waals surface area contributed by atoms with Crippen LogP contribution in [0.1, 0.15) is 46.5 Å². The lowest BCUT2D eigenvalue weighted by Crippen LogP contribution is -2.69. The second-order valence-electron chi connectivity index (χ2n) is 7.75. The molecule has 0 aromatic rings. The molecule has 1 spiro atoms. The lowest BCUT2D eigenvalue weighted by Gasteiger charge is -2.64. The average molecular weight is 320 g/mol. The van der Waals surface area contributed by atoms with Gasteiger partial charge in [0.05, 0.1) is 18.6 Å². The Bertz CT molecular complexity index is 595. The van der Waals surface area contributed by atoms with Crippen LogP contribution < -0.4 is 0 Å². The Morgan fingerprint density at radius 2 is 1.83 bits per heavy atom. The molecule has 1 saturated heterocycles. The average Bonchev–Trinajstić information content (AvgIpc) is 2.97. The molecule has 2 saturated carbocycles. The second-order valence-corrected chi connectivity index (χ2v) is 7.75.